The van der Waals surface area contributed by atoms with E-state index in [1.165, 1.54) is 5.56 Å². The summed E-state index contributed by atoms with van der Waals surface area (Å²) in [6.07, 6.45) is 0.972. The molecule has 0 spiro atoms. The zero-order chi connectivity index (χ0) is 23.3. The number of hydrogen-bond donors (Lipinski definition) is 3. The molecule has 174 valence electrons. The standard InChI is InChI=1S/C25H37N5O2/c1-6-13-32-23-14-19(3)11-12-21(23)17-28-25(26-7-2)27-16-20-9-8-10-22(15-20)29-24(31)18-30(4)5/h8-12,14-15H,6-7,13,16-18H2,1-5H3,(H,29,31)(H2,26,27,28). The Morgan fingerprint density at radius 1 is 1.09 bits per heavy atom. The van der Waals surface area contributed by atoms with Crippen LogP contribution < -0.4 is 20.7 Å². The number of ether oxygens (including phenoxy) is 1. The molecule has 0 aromatic heterocycles. The van der Waals surface area contributed by atoms with Crippen LogP contribution in [0.25, 0.3) is 0 Å². The van der Waals surface area contributed by atoms with Gasteiger partial charge in [0, 0.05) is 24.3 Å². The summed E-state index contributed by atoms with van der Waals surface area (Å²) >= 11 is 0. The number of carbonyl (C=O) groups excluding carboxylic acids is 1. The molecule has 32 heavy (non-hydrogen) atoms. The number of nitrogens with one attached hydrogen (secondary N) is 3. The summed E-state index contributed by atoms with van der Waals surface area (Å²) in [6.45, 7) is 9.14. The first-order valence-electron chi connectivity index (χ1n) is 11.2. The summed E-state index contributed by atoms with van der Waals surface area (Å²) in [7, 11) is 3.74. The first kappa shape index (κ1) is 25.2. The predicted molar refractivity (Wildman–Crippen MR) is 132 cm³/mol. The Labute approximate surface area is 192 Å². The molecular weight excluding hydrogens is 402 g/mol. The third-order valence-electron chi connectivity index (χ3n) is 4.57. The van der Waals surface area contributed by atoms with E-state index in [0.717, 1.165) is 41.5 Å². The van der Waals surface area contributed by atoms with Crippen LogP contribution in [0.15, 0.2) is 47.5 Å². The molecule has 0 saturated carbocycles. The number of nitrogens with zero attached hydrogens (tertiary/aromatic N) is 2. The molecule has 0 unspecified atom stereocenters. The Hall–Kier alpha value is -3.06. The first-order valence-corrected chi connectivity index (χ1v) is 11.2. The molecule has 0 fully saturated rings. The highest BCUT2D eigenvalue weighted by atomic mass is 16.5. The number of hydrogen-bond acceptors (Lipinski definition) is 4. The number of benzene rings is 2. The van der Waals surface area contributed by atoms with E-state index in [2.05, 4.69) is 48.0 Å². The molecule has 3 N–H and O–H groups in total. The van der Waals surface area contributed by atoms with Gasteiger partial charge in [-0.25, -0.2) is 4.99 Å². The smallest absolute Gasteiger partial charge is 0.238 e. The highest BCUT2D eigenvalue weighted by Crippen LogP contribution is 2.20. The van der Waals surface area contributed by atoms with Gasteiger partial charge in [0.05, 0.1) is 19.7 Å². The van der Waals surface area contributed by atoms with Crippen molar-refractivity contribution in [3.8, 4) is 5.75 Å². The second-order valence-electron chi connectivity index (χ2n) is 7.99. The van der Waals surface area contributed by atoms with E-state index >= 15 is 0 Å². The van der Waals surface area contributed by atoms with Crippen molar-refractivity contribution in [1.82, 2.24) is 15.5 Å². The van der Waals surface area contributed by atoms with Crippen molar-refractivity contribution in [3.05, 3.63) is 59.2 Å². The molecule has 2 aromatic carbocycles. The van der Waals surface area contributed by atoms with E-state index in [0.29, 0.717) is 26.2 Å². The summed E-state index contributed by atoms with van der Waals surface area (Å²) in [4.78, 5) is 18.6. The van der Waals surface area contributed by atoms with Gasteiger partial charge in [-0.05, 0) is 63.7 Å². The maximum Gasteiger partial charge on any atom is 0.238 e. The molecule has 7 nitrogen and oxygen atoms in total. The minimum Gasteiger partial charge on any atom is -0.493 e. The SMILES string of the molecule is CCCOc1cc(C)ccc1CNC(=NCc1cccc(NC(=O)CN(C)C)c1)NCC. The summed E-state index contributed by atoms with van der Waals surface area (Å²) in [5.74, 6) is 1.61. The van der Waals surface area contributed by atoms with Crippen molar-refractivity contribution in [2.75, 3.05) is 39.1 Å². The number of rotatable bonds is 11. The molecule has 0 radical (unpaired) electrons. The molecule has 0 heterocycles. The van der Waals surface area contributed by atoms with Crippen LogP contribution in [0.3, 0.4) is 0 Å². The van der Waals surface area contributed by atoms with Gasteiger partial charge in [0.2, 0.25) is 5.91 Å². The second kappa shape index (κ2) is 13.4. The van der Waals surface area contributed by atoms with E-state index in [1.807, 2.05) is 50.2 Å². The number of carbonyl (C=O) groups is 1. The van der Waals surface area contributed by atoms with Gasteiger partial charge in [-0.2, -0.15) is 0 Å². The van der Waals surface area contributed by atoms with Gasteiger partial charge in [-0.15, -0.1) is 0 Å². The highest BCUT2D eigenvalue weighted by Gasteiger charge is 2.07. The van der Waals surface area contributed by atoms with Crippen molar-refractivity contribution >= 4 is 17.6 Å². The maximum absolute atomic E-state index is 12.0. The lowest BCUT2D eigenvalue weighted by molar-refractivity contribution is -0.116. The van der Waals surface area contributed by atoms with Crippen LogP contribution in [0.2, 0.25) is 0 Å². The third kappa shape index (κ3) is 8.98. The molecule has 0 saturated heterocycles. The Balaban J connectivity index is 2.03. The molecule has 0 aliphatic carbocycles. The summed E-state index contributed by atoms with van der Waals surface area (Å²) in [5.41, 5.74) is 4.07. The van der Waals surface area contributed by atoms with Crippen LogP contribution in [0.4, 0.5) is 5.69 Å². The Kier molecular flexibility index (Phi) is 10.5. The molecular formula is C25H37N5O2. The van der Waals surface area contributed by atoms with E-state index in [-0.39, 0.29) is 5.91 Å². The largest absolute Gasteiger partial charge is 0.493 e. The van der Waals surface area contributed by atoms with Crippen LogP contribution in [0.5, 0.6) is 5.75 Å². The Morgan fingerprint density at radius 3 is 2.62 bits per heavy atom. The Morgan fingerprint density at radius 2 is 1.91 bits per heavy atom. The van der Waals surface area contributed by atoms with Crippen molar-refractivity contribution in [1.29, 1.82) is 0 Å². The van der Waals surface area contributed by atoms with Gasteiger partial charge in [-0.1, -0.05) is 31.2 Å². The minimum atomic E-state index is -0.0372. The quantitative estimate of drug-likeness (QED) is 0.369. The van der Waals surface area contributed by atoms with Gasteiger partial charge in [-0.3, -0.25) is 4.79 Å². The molecule has 2 rings (SSSR count). The molecule has 7 heteroatoms. The van der Waals surface area contributed by atoms with Crippen molar-refractivity contribution in [2.24, 2.45) is 4.99 Å². The maximum atomic E-state index is 12.0. The van der Waals surface area contributed by atoms with Crippen LogP contribution in [-0.2, 0) is 17.9 Å². The molecule has 0 aliphatic rings. The minimum absolute atomic E-state index is 0.0372. The fourth-order valence-electron chi connectivity index (χ4n) is 3.08. The summed E-state index contributed by atoms with van der Waals surface area (Å²) in [6, 6.07) is 14.0. The summed E-state index contributed by atoms with van der Waals surface area (Å²) < 4.78 is 5.92. The fraction of sp³-hybridized carbons (Fsp3) is 0.440. The van der Waals surface area contributed by atoms with E-state index in [1.54, 1.807) is 0 Å². The van der Waals surface area contributed by atoms with Gasteiger partial charge >= 0.3 is 0 Å². The van der Waals surface area contributed by atoms with Crippen LogP contribution in [-0.4, -0.2) is 50.6 Å². The second-order valence-corrected chi connectivity index (χ2v) is 7.99. The molecule has 0 aliphatic heterocycles. The fourth-order valence-corrected chi connectivity index (χ4v) is 3.08. The van der Waals surface area contributed by atoms with E-state index in [9.17, 15) is 4.79 Å². The normalized spacial score (nSPS) is 11.4. The van der Waals surface area contributed by atoms with Gasteiger partial charge in [0.1, 0.15) is 5.75 Å². The monoisotopic (exact) mass is 439 g/mol. The number of likely N-dealkylation sites (N-methyl/N-ethyl adjacent to an activating group) is 1. The van der Waals surface area contributed by atoms with Crippen LogP contribution >= 0.6 is 0 Å². The average molecular weight is 440 g/mol. The number of guanidine groups is 1. The average Bonchev–Trinajstić information content (AvgIpc) is 2.74. The van der Waals surface area contributed by atoms with Gasteiger partial charge in [0.25, 0.3) is 0 Å². The van der Waals surface area contributed by atoms with Gasteiger partial charge in [0.15, 0.2) is 5.96 Å². The van der Waals surface area contributed by atoms with E-state index < -0.39 is 0 Å². The highest BCUT2D eigenvalue weighted by molar-refractivity contribution is 5.92. The van der Waals surface area contributed by atoms with Crippen molar-refractivity contribution in [2.45, 2.75) is 40.3 Å². The molecule has 1 amide bonds. The summed E-state index contributed by atoms with van der Waals surface area (Å²) in [5, 5.41) is 9.61. The zero-order valence-corrected chi connectivity index (χ0v) is 20.0. The lowest BCUT2D eigenvalue weighted by atomic mass is 10.1. The molecule has 0 atom stereocenters. The third-order valence-corrected chi connectivity index (χ3v) is 4.57. The van der Waals surface area contributed by atoms with E-state index in [4.69, 9.17) is 9.73 Å². The number of aliphatic imine (C=N–C) groups is 1. The Bertz CT molecular complexity index is 896. The number of amides is 1. The molecule has 0 bridgehead atoms. The lowest BCUT2D eigenvalue weighted by Crippen LogP contribution is -2.36. The topological polar surface area (TPSA) is 78.0 Å². The van der Waals surface area contributed by atoms with Crippen molar-refractivity contribution in [3.63, 3.8) is 0 Å². The number of anilines is 1. The van der Waals surface area contributed by atoms with Crippen LogP contribution in [0.1, 0.15) is 37.0 Å². The first-order chi connectivity index (χ1) is 15.4. The number of aryl methyl sites for hydroxylation is 1. The van der Waals surface area contributed by atoms with Crippen LogP contribution in [0, 0.1) is 6.92 Å². The molecule has 2 aromatic rings. The van der Waals surface area contributed by atoms with Crippen molar-refractivity contribution < 1.29 is 9.53 Å². The lowest BCUT2D eigenvalue weighted by Gasteiger charge is -2.15. The zero-order valence-electron chi connectivity index (χ0n) is 20.0. The van der Waals surface area contributed by atoms with Gasteiger partial charge < -0.3 is 25.6 Å². The predicted octanol–water partition coefficient (Wildman–Crippen LogP) is 3.54.